The van der Waals surface area contributed by atoms with Crippen LogP contribution in [0.15, 0.2) is 28.7 Å². The molecule has 4 nitrogen and oxygen atoms in total. The lowest BCUT2D eigenvalue weighted by Crippen LogP contribution is -2.16. The van der Waals surface area contributed by atoms with Crippen molar-refractivity contribution in [3.8, 4) is 11.5 Å². The molecule has 108 valence electrons. The van der Waals surface area contributed by atoms with E-state index in [1.807, 2.05) is 24.3 Å². The lowest BCUT2D eigenvalue weighted by Gasteiger charge is -2.19. The van der Waals surface area contributed by atoms with E-state index in [1.165, 1.54) is 0 Å². The molecule has 0 spiro atoms. The standard InChI is InChI=1S/C15H17BrO4/c1-19-14-10-5-3-4-6-11(10)15(20-2)13(16)12(14)7-9(18)8-17/h3-6,9,17-18H,7-8H2,1-2H3. The third-order valence-corrected chi connectivity index (χ3v) is 4.05. The minimum absolute atomic E-state index is 0.279. The van der Waals surface area contributed by atoms with Gasteiger partial charge in [-0.05, 0) is 15.9 Å². The molecule has 2 N–H and O–H groups in total. The van der Waals surface area contributed by atoms with Gasteiger partial charge in [0.15, 0.2) is 0 Å². The number of methoxy groups -OCH3 is 2. The number of benzene rings is 2. The zero-order chi connectivity index (χ0) is 14.7. The summed E-state index contributed by atoms with van der Waals surface area (Å²) in [5, 5.41) is 20.6. The van der Waals surface area contributed by atoms with Crippen molar-refractivity contribution < 1.29 is 19.7 Å². The Morgan fingerprint density at radius 1 is 1.10 bits per heavy atom. The molecule has 0 saturated heterocycles. The van der Waals surface area contributed by atoms with Crippen molar-refractivity contribution in [1.82, 2.24) is 0 Å². The number of aliphatic hydroxyl groups excluding tert-OH is 2. The first-order valence-electron chi connectivity index (χ1n) is 6.24. The van der Waals surface area contributed by atoms with Crippen LogP contribution >= 0.6 is 15.9 Å². The first-order chi connectivity index (χ1) is 9.63. The van der Waals surface area contributed by atoms with Gasteiger partial charge in [0, 0.05) is 22.8 Å². The number of aliphatic hydroxyl groups is 2. The Kier molecular flexibility index (Phi) is 4.86. The average molecular weight is 341 g/mol. The van der Waals surface area contributed by atoms with Crippen LogP contribution in [0.1, 0.15) is 5.56 Å². The molecule has 0 fully saturated rings. The van der Waals surface area contributed by atoms with Crippen LogP contribution in [0.2, 0.25) is 0 Å². The van der Waals surface area contributed by atoms with Crippen molar-refractivity contribution in [3.63, 3.8) is 0 Å². The van der Waals surface area contributed by atoms with Crippen LogP contribution in [0.5, 0.6) is 11.5 Å². The predicted octanol–water partition coefficient (Wildman–Crippen LogP) is 2.52. The monoisotopic (exact) mass is 340 g/mol. The summed E-state index contributed by atoms with van der Waals surface area (Å²) in [5.41, 5.74) is 0.782. The van der Waals surface area contributed by atoms with Gasteiger partial charge in [-0.25, -0.2) is 0 Å². The van der Waals surface area contributed by atoms with Crippen molar-refractivity contribution >= 4 is 26.7 Å². The molecular formula is C15H17BrO4. The third-order valence-electron chi connectivity index (χ3n) is 3.21. The minimum atomic E-state index is -0.842. The van der Waals surface area contributed by atoms with E-state index in [9.17, 15) is 5.11 Å². The highest BCUT2D eigenvalue weighted by molar-refractivity contribution is 9.10. The van der Waals surface area contributed by atoms with E-state index in [4.69, 9.17) is 14.6 Å². The minimum Gasteiger partial charge on any atom is -0.496 e. The van der Waals surface area contributed by atoms with Crippen LogP contribution in [0, 0.1) is 0 Å². The van der Waals surface area contributed by atoms with Gasteiger partial charge >= 0.3 is 0 Å². The summed E-state index contributed by atoms with van der Waals surface area (Å²) >= 11 is 3.51. The normalized spacial score (nSPS) is 12.4. The molecule has 0 bridgehead atoms. The van der Waals surface area contributed by atoms with Crippen molar-refractivity contribution in [3.05, 3.63) is 34.3 Å². The highest BCUT2D eigenvalue weighted by atomic mass is 79.9. The molecule has 2 aromatic carbocycles. The van der Waals surface area contributed by atoms with Crippen molar-refractivity contribution in [2.45, 2.75) is 12.5 Å². The Labute approximate surface area is 126 Å². The zero-order valence-electron chi connectivity index (χ0n) is 11.4. The van der Waals surface area contributed by atoms with Crippen LogP contribution in [-0.2, 0) is 6.42 Å². The molecule has 1 unspecified atom stereocenters. The van der Waals surface area contributed by atoms with Crippen molar-refractivity contribution in [2.24, 2.45) is 0 Å². The van der Waals surface area contributed by atoms with E-state index in [2.05, 4.69) is 15.9 Å². The van der Waals surface area contributed by atoms with Gasteiger partial charge in [-0.15, -0.1) is 0 Å². The Balaban J connectivity index is 2.75. The fraction of sp³-hybridized carbons (Fsp3) is 0.333. The van der Waals surface area contributed by atoms with E-state index >= 15 is 0 Å². The molecule has 0 saturated carbocycles. The largest absolute Gasteiger partial charge is 0.496 e. The molecule has 2 rings (SSSR count). The highest BCUT2D eigenvalue weighted by Gasteiger charge is 2.20. The maximum absolute atomic E-state index is 9.72. The smallest absolute Gasteiger partial charge is 0.141 e. The number of halogens is 1. The van der Waals surface area contributed by atoms with Gasteiger partial charge in [-0.3, -0.25) is 0 Å². The summed E-state index contributed by atoms with van der Waals surface area (Å²) in [4.78, 5) is 0. The Hall–Kier alpha value is -1.30. The van der Waals surface area contributed by atoms with Gasteiger partial charge in [0.1, 0.15) is 11.5 Å². The predicted molar refractivity (Wildman–Crippen MR) is 81.5 cm³/mol. The first kappa shape index (κ1) is 15.1. The molecule has 0 amide bonds. The molecule has 5 heteroatoms. The van der Waals surface area contributed by atoms with Gasteiger partial charge in [0.25, 0.3) is 0 Å². The zero-order valence-corrected chi connectivity index (χ0v) is 13.0. The second kappa shape index (κ2) is 6.43. The molecule has 20 heavy (non-hydrogen) atoms. The fourth-order valence-electron chi connectivity index (χ4n) is 2.31. The molecule has 2 aromatic rings. The third kappa shape index (κ3) is 2.61. The van der Waals surface area contributed by atoms with Crippen LogP contribution in [-0.4, -0.2) is 37.1 Å². The Morgan fingerprint density at radius 3 is 2.15 bits per heavy atom. The van der Waals surface area contributed by atoms with E-state index in [0.717, 1.165) is 20.8 Å². The van der Waals surface area contributed by atoms with Crippen molar-refractivity contribution in [2.75, 3.05) is 20.8 Å². The quantitative estimate of drug-likeness (QED) is 0.877. The number of hydrogen-bond donors (Lipinski definition) is 2. The van der Waals surface area contributed by atoms with E-state index in [1.54, 1.807) is 14.2 Å². The molecule has 1 atom stereocenters. The summed E-state index contributed by atoms with van der Waals surface area (Å²) < 4.78 is 11.7. The summed E-state index contributed by atoms with van der Waals surface area (Å²) in [6, 6.07) is 7.75. The second-order valence-corrected chi connectivity index (χ2v) is 5.24. The van der Waals surface area contributed by atoms with E-state index in [-0.39, 0.29) is 13.0 Å². The SMILES string of the molecule is COc1c(Br)c(CC(O)CO)c(OC)c2ccccc12. The number of hydrogen-bond acceptors (Lipinski definition) is 4. The molecule has 0 aromatic heterocycles. The Bertz CT molecular complexity index is 612. The number of ether oxygens (including phenoxy) is 2. The van der Waals surface area contributed by atoms with Crippen LogP contribution in [0.3, 0.4) is 0 Å². The van der Waals surface area contributed by atoms with Crippen LogP contribution in [0.25, 0.3) is 10.8 Å². The van der Waals surface area contributed by atoms with E-state index < -0.39 is 6.10 Å². The van der Waals surface area contributed by atoms with Gasteiger partial charge in [-0.2, -0.15) is 0 Å². The molecule has 0 radical (unpaired) electrons. The lowest BCUT2D eigenvalue weighted by molar-refractivity contribution is 0.0948. The molecule has 0 heterocycles. The van der Waals surface area contributed by atoms with Crippen LogP contribution < -0.4 is 9.47 Å². The van der Waals surface area contributed by atoms with Crippen LogP contribution in [0.4, 0.5) is 0 Å². The molecular weight excluding hydrogens is 324 g/mol. The highest BCUT2D eigenvalue weighted by Crippen LogP contribution is 2.44. The van der Waals surface area contributed by atoms with Gasteiger partial charge in [-0.1, -0.05) is 24.3 Å². The second-order valence-electron chi connectivity index (χ2n) is 4.45. The number of fused-ring (bicyclic) bond motifs is 1. The maximum Gasteiger partial charge on any atom is 0.141 e. The topological polar surface area (TPSA) is 58.9 Å². The summed E-state index contributed by atoms with van der Waals surface area (Å²) in [6.45, 7) is -0.301. The van der Waals surface area contributed by atoms with Gasteiger partial charge in [0.2, 0.25) is 0 Å². The summed E-state index contributed by atoms with van der Waals surface area (Å²) in [5.74, 6) is 1.38. The lowest BCUT2D eigenvalue weighted by atomic mass is 10.00. The van der Waals surface area contributed by atoms with Gasteiger partial charge in [0.05, 0.1) is 31.4 Å². The molecule has 0 aliphatic rings. The first-order valence-corrected chi connectivity index (χ1v) is 7.03. The number of rotatable bonds is 5. The fourth-order valence-corrected chi connectivity index (χ4v) is 3.03. The van der Waals surface area contributed by atoms with Gasteiger partial charge < -0.3 is 19.7 Å². The summed E-state index contributed by atoms with van der Waals surface area (Å²) in [6.07, 6.45) is -0.562. The molecule has 0 aliphatic heterocycles. The maximum atomic E-state index is 9.72. The summed E-state index contributed by atoms with van der Waals surface area (Å²) in [7, 11) is 3.20. The Morgan fingerprint density at radius 2 is 1.65 bits per heavy atom. The average Bonchev–Trinajstić information content (AvgIpc) is 2.48. The molecule has 0 aliphatic carbocycles. The van der Waals surface area contributed by atoms with Crippen molar-refractivity contribution in [1.29, 1.82) is 0 Å². The van der Waals surface area contributed by atoms with E-state index in [0.29, 0.717) is 11.5 Å².